The summed E-state index contributed by atoms with van der Waals surface area (Å²) in [7, 11) is 0. The fourth-order valence-electron chi connectivity index (χ4n) is 4.66. The summed E-state index contributed by atoms with van der Waals surface area (Å²) < 4.78 is 0. The van der Waals surface area contributed by atoms with E-state index in [1.165, 1.54) is 0 Å². The second-order valence-corrected chi connectivity index (χ2v) is 9.54. The van der Waals surface area contributed by atoms with Gasteiger partial charge in [0.25, 0.3) is 0 Å². The Balaban J connectivity index is 1.59. The summed E-state index contributed by atoms with van der Waals surface area (Å²) in [6.45, 7) is 9.58. The Labute approximate surface area is 181 Å². The highest BCUT2D eigenvalue weighted by Gasteiger charge is 2.52. The Morgan fingerprint density at radius 1 is 1.10 bits per heavy atom. The smallest absolute Gasteiger partial charge is 0.238 e. The van der Waals surface area contributed by atoms with Crippen LogP contribution >= 0.6 is 0 Å². The van der Waals surface area contributed by atoms with Gasteiger partial charge in [-0.25, -0.2) is 15.0 Å². The number of anilines is 2. The molecule has 2 aromatic rings. The van der Waals surface area contributed by atoms with Gasteiger partial charge in [-0.3, -0.25) is 14.5 Å². The number of hydrogen-bond donors (Lipinski definition) is 1. The first kappa shape index (κ1) is 19.6. The molecule has 1 unspecified atom stereocenters. The number of aromatic nitrogens is 3. The standard InChI is InChI=1S/C24H25N5O2/c1-13-25-11-15(12-26-13)14-6-7-16-18(10-14)29(22(31)24(16,4)5)19-9-8-17-20(27-19)28-21(30)23(17,2)3/h6,8-12,16H,7H2,1-5H3,(H,27,28,30). The van der Waals surface area contributed by atoms with E-state index in [9.17, 15) is 9.59 Å². The zero-order valence-corrected chi connectivity index (χ0v) is 18.4. The number of aryl methyl sites for hydroxylation is 1. The van der Waals surface area contributed by atoms with Crippen LogP contribution in [0.3, 0.4) is 0 Å². The molecule has 2 amide bonds. The number of nitrogens with one attached hydrogen (secondary N) is 1. The first-order valence-electron chi connectivity index (χ1n) is 10.5. The maximum atomic E-state index is 13.5. The Kier molecular flexibility index (Phi) is 4.00. The van der Waals surface area contributed by atoms with Gasteiger partial charge in [0, 0.05) is 35.1 Å². The number of rotatable bonds is 2. The van der Waals surface area contributed by atoms with Crippen LogP contribution in [0.25, 0.3) is 5.57 Å². The number of hydrogen-bond acceptors (Lipinski definition) is 5. The van der Waals surface area contributed by atoms with E-state index in [0.717, 1.165) is 34.6 Å². The number of amides is 2. The minimum atomic E-state index is -0.636. The highest BCUT2D eigenvalue weighted by atomic mass is 16.2. The van der Waals surface area contributed by atoms with E-state index in [0.29, 0.717) is 11.6 Å². The van der Waals surface area contributed by atoms with Crippen LogP contribution in [0, 0.1) is 18.3 Å². The van der Waals surface area contributed by atoms with Gasteiger partial charge in [-0.1, -0.05) is 26.0 Å². The number of nitrogens with zero attached hydrogens (tertiary/aromatic N) is 4. The van der Waals surface area contributed by atoms with Crippen molar-refractivity contribution in [2.75, 3.05) is 10.2 Å². The lowest BCUT2D eigenvalue weighted by atomic mass is 9.75. The molecule has 158 valence electrons. The van der Waals surface area contributed by atoms with E-state index < -0.39 is 10.8 Å². The normalized spacial score (nSPS) is 23.1. The molecule has 0 aromatic carbocycles. The van der Waals surface area contributed by atoms with Crippen LogP contribution in [0.2, 0.25) is 0 Å². The monoisotopic (exact) mass is 415 g/mol. The average Bonchev–Trinajstić information content (AvgIpc) is 3.08. The van der Waals surface area contributed by atoms with Gasteiger partial charge in [-0.2, -0.15) is 0 Å². The van der Waals surface area contributed by atoms with Crippen LogP contribution in [0.4, 0.5) is 11.6 Å². The van der Waals surface area contributed by atoms with Gasteiger partial charge in [0.2, 0.25) is 11.8 Å². The molecule has 31 heavy (non-hydrogen) atoms. The van der Waals surface area contributed by atoms with Gasteiger partial charge in [0.1, 0.15) is 17.5 Å². The summed E-state index contributed by atoms with van der Waals surface area (Å²) in [5.74, 6) is 1.76. The topological polar surface area (TPSA) is 88.1 Å². The SMILES string of the molecule is Cc1ncc(C2=CCC3C(=C2)N(c2ccc4c(n2)NC(=O)C4(C)C)C(=O)C3(C)C)cn1. The van der Waals surface area contributed by atoms with Gasteiger partial charge >= 0.3 is 0 Å². The van der Waals surface area contributed by atoms with Crippen molar-refractivity contribution in [3.63, 3.8) is 0 Å². The summed E-state index contributed by atoms with van der Waals surface area (Å²) >= 11 is 0. The molecule has 5 rings (SSSR count). The molecule has 3 aliphatic rings. The summed E-state index contributed by atoms with van der Waals surface area (Å²) in [4.78, 5) is 40.8. The lowest BCUT2D eigenvalue weighted by Crippen LogP contribution is -2.31. The van der Waals surface area contributed by atoms with Gasteiger partial charge < -0.3 is 5.32 Å². The third-order valence-electron chi connectivity index (χ3n) is 6.81. The molecule has 1 N–H and O–H groups in total. The third kappa shape index (κ3) is 2.76. The largest absolute Gasteiger partial charge is 0.310 e. The van der Waals surface area contributed by atoms with Crippen LogP contribution in [0.5, 0.6) is 0 Å². The maximum absolute atomic E-state index is 13.5. The number of carbonyl (C=O) groups excluding carboxylic acids is 2. The van der Waals surface area contributed by atoms with Crippen LogP contribution in [-0.4, -0.2) is 26.8 Å². The number of allylic oxidation sites excluding steroid dienone is 4. The van der Waals surface area contributed by atoms with Gasteiger partial charge in [0.15, 0.2) is 0 Å². The predicted octanol–water partition coefficient (Wildman–Crippen LogP) is 3.77. The van der Waals surface area contributed by atoms with Crippen molar-refractivity contribution in [3.05, 3.63) is 59.3 Å². The van der Waals surface area contributed by atoms with E-state index in [4.69, 9.17) is 0 Å². The van der Waals surface area contributed by atoms with Crippen molar-refractivity contribution in [1.29, 1.82) is 0 Å². The fourth-order valence-corrected chi connectivity index (χ4v) is 4.66. The van der Waals surface area contributed by atoms with Crippen molar-refractivity contribution in [1.82, 2.24) is 15.0 Å². The molecule has 2 aromatic heterocycles. The Morgan fingerprint density at radius 2 is 1.81 bits per heavy atom. The quantitative estimate of drug-likeness (QED) is 0.807. The lowest BCUT2D eigenvalue weighted by Gasteiger charge is -2.26. The van der Waals surface area contributed by atoms with Crippen molar-refractivity contribution in [2.45, 2.75) is 46.5 Å². The van der Waals surface area contributed by atoms with Crippen LogP contribution in [0.15, 0.2) is 42.4 Å². The van der Waals surface area contributed by atoms with Gasteiger partial charge in [-0.15, -0.1) is 0 Å². The van der Waals surface area contributed by atoms with E-state index in [1.807, 2.05) is 65.2 Å². The summed E-state index contributed by atoms with van der Waals surface area (Å²) in [6.07, 6.45) is 8.57. The summed E-state index contributed by atoms with van der Waals surface area (Å²) in [5, 5.41) is 2.86. The molecular formula is C24H25N5O2. The predicted molar refractivity (Wildman–Crippen MR) is 118 cm³/mol. The van der Waals surface area contributed by atoms with Crippen molar-refractivity contribution >= 4 is 29.0 Å². The Hall–Kier alpha value is -3.35. The van der Waals surface area contributed by atoms with Crippen molar-refractivity contribution in [2.24, 2.45) is 11.3 Å². The maximum Gasteiger partial charge on any atom is 0.238 e. The van der Waals surface area contributed by atoms with E-state index in [1.54, 1.807) is 4.90 Å². The number of carbonyl (C=O) groups is 2. The number of pyridine rings is 1. The second kappa shape index (κ2) is 6.33. The van der Waals surface area contributed by atoms with Crippen LogP contribution in [-0.2, 0) is 15.0 Å². The third-order valence-corrected chi connectivity index (χ3v) is 6.81. The molecule has 0 radical (unpaired) electrons. The van der Waals surface area contributed by atoms with Gasteiger partial charge in [-0.05, 0) is 44.9 Å². The number of fused-ring (bicyclic) bond motifs is 2. The first-order valence-corrected chi connectivity index (χ1v) is 10.5. The molecule has 0 bridgehead atoms. The zero-order valence-electron chi connectivity index (χ0n) is 18.4. The molecule has 1 fully saturated rings. The first-order chi connectivity index (χ1) is 14.6. The highest BCUT2D eigenvalue weighted by molar-refractivity contribution is 6.07. The molecule has 1 atom stereocenters. The zero-order chi connectivity index (χ0) is 22.1. The molecule has 0 saturated carbocycles. The van der Waals surface area contributed by atoms with Gasteiger partial charge in [0.05, 0.1) is 10.8 Å². The van der Waals surface area contributed by atoms with E-state index in [-0.39, 0.29) is 17.7 Å². The van der Waals surface area contributed by atoms with E-state index in [2.05, 4.69) is 26.3 Å². The average molecular weight is 415 g/mol. The summed E-state index contributed by atoms with van der Waals surface area (Å²) in [6, 6.07) is 3.74. The molecule has 1 aliphatic carbocycles. The fraction of sp³-hybridized carbons (Fsp3) is 0.375. The highest BCUT2D eigenvalue weighted by Crippen LogP contribution is 2.50. The van der Waals surface area contributed by atoms with E-state index >= 15 is 0 Å². The summed E-state index contributed by atoms with van der Waals surface area (Å²) in [5.41, 5.74) is 2.49. The lowest BCUT2D eigenvalue weighted by molar-refractivity contribution is -0.125. The van der Waals surface area contributed by atoms with Crippen LogP contribution in [0.1, 0.15) is 51.1 Å². The molecule has 4 heterocycles. The second-order valence-electron chi connectivity index (χ2n) is 9.54. The molecule has 7 nitrogen and oxygen atoms in total. The molecule has 1 saturated heterocycles. The molecule has 7 heteroatoms. The van der Waals surface area contributed by atoms with Crippen LogP contribution < -0.4 is 10.2 Å². The van der Waals surface area contributed by atoms with Crippen molar-refractivity contribution < 1.29 is 9.59 Å². The molecule has 2 aliphatic heterocycles. The molecule has 0 spiro atoms. The Morgan fingerprint density at radius 3 is 2.52 bits per heavy atom. The minimum Gasteiger partial charge on any atom is -0.310 e. The molecular weight excluding hydrogens is 390 g/mol. The van der Waals surface area contributed by atoms with Crippen molar-refractivity contribution in [3.8, 4) is 0 Å². The Bertz CT molecular complexity index is 1190. The minimum absolute atomic E-state index is 0.00888.